The van der Waals surface area contributed by atoms with E-state index in [1.54, 1.807) is 7.11 Å². The number of hydrogen-bond acceptors (Lipinski definition) is 2. The second kappa shape index (κ2) is 8.05. The maximum atomic E-state index is 12.1. The molecular weight excluding hydrogens is 250 g/mol. The van der Waals surface area contributed by atoms with Crippen molar-refractivity contribution < 1.29 is 9.53 Å². The van der Waals surface area contributed by atoms with E-state index in [9.17, 15) is 4.79 Å². The second-order valence-corrected chi connectivity index (χ2v) is 5.64. The highest BCUT2D eigenvalue weighted by atomic mass is 16.5. The summed E-state index contributed by atoms with van der Waals surface area (Å²) in [5.74, 6) is 0.852. The number of unbranched alkanes of at least 4 members (excludes halogenated alkanes) is 1. The Morgan fingerprint density at radius 3 is 2.85 bits per heavy atom. The summed E-state index contributed by atoms with van der Waals surface area (Å²) in [6, 6.07) is 10.5. The van der Waals surface area contributed by atoms with Crippen molar-refractivity contribution in [2.75, 3.05) is 26.8 Å². The Labute approximate surface area is 121 Å². The van der Waals surface area contributed by atoms with Crippen LogP contribution in [0.1, 0.15) is 31.2 Å². The molecule has 0 unspecified atom stereocenters. The van der Waals surface area contributed by atoms with Crippen LogP contribution >= 0.6 is 0 Å². The van der Waals surface area contributed by atoms with E-state index in [4.69, 9.17) is 4.74 Å². The number of methoxy groups -OCH3 is 1. The predicted octanol–water partition coefficient (Wildman–Crippen LogP) is 2.89. The Morgan fingerprint density at radius 2 is 2.10 bits per heavy atom. The monoisotopic (exact) mass is 275 g/mol. The molecule has 20 heavy (non-hydrogen) atoms. The molecule has 1 atom stereocenters. The third kappa shape index (κ3) is 4.64. The SMILES string of the molecule is COC[C@H]1CCN(C(=O)CCCCc2ccccc2)C1. The number of hydrogen-bond donors (Lipinski definition) is 0. The minimum Gasteiger partial charge on any atom is -0.384 e. The van der Waals surface area contributed by atoms with Gasteiger partial charge in [0.25, 0.3) is 0 Å². The summed E-state index contributed by atoms with van der Waals surface area (Å²) in [6.45, 7) is 2.56. The van der Waals surface area contributed by atoms with Crippen LogP contribution < -0.4 is 0 Å². The lowest BCUT2D eigenvalue weighted by molar-refractivity contribution is -0.130. The molecular formula is C17H25NO2. The molecule has 0 bridgehead atoms. The van der Waals surface area contributed by atoms with Gasteiger partial charge in [-0.15, -0.1) is 0 Å². The third-order valence-electron chi connectivity index (χ3n) is 3.99. The lowest BCUT2D eigenvalue weighted by atomic mass is 10.1. The van der Waals surface area contributed by atoms with Crippen molar-refractivity contribution in [3.63, 3.8) is 0 Å². The predicted molar refractivity (Wildman–Crippen MR) is 80.6 cm³/mol. The summed E-state index contributed by atoms with van der Waals surface area (Å²) in [4.78, 5) is 14.1. The molecule has 110 valence electrons. The number of carbonyl (C=O) groups excluding carboxylic acids is 1. The molecule has 0 spiro atoms. The van der Waals surface area contributed by atoms with Gasteiger partial charge in [0.15, 0.2) is 0 Å². The van der Waals surface area contributed by atoms with Crippen LogP contribution in [0.5, 0.6) is 0 Å². The first kappa shape index (κ1) is 15.0. The molecule has 2 rings (SSSR count). The van der Waals surface area contributed by atoms with E-state index < -0.39 is 0 Å². The first-order valence-corrected chi connectivity index (χ1v) is 7.60. The number of rotatable bonds is 7. The Hall–Kier alpha value is -1.35. The highest BCUT2D eigenvalue weighted by Gasteiger charge is 2.25. The summed E-state index contributed by atoms with van der Waals surface area (Å²) in [7, 11) is 1.73. The highest BCUT2D eigenvalue weighted by molar-refractivity contribution is 5.76. The number of nitrogens with zero attached hydrogens (tertiary/aromatic N) is 1. The molecule has 0 N–H and O–H groups in total. The zero-order valence-corrected chi connectivity index (χ0v) is 12.4. The molecule has 0 aromatic heterocycles. The number of ether oxygens (including phenoxy) is 1. The van der Waals surface area contributed by atoms with Gasteiger partial charge in [0.2, 0.25) is 5.91 Å². The van der Waals surface area contributed by atoms with E-state index in [1.807, 2.05) is 11.0 Å². The van der Waals surface area contributed by atoms with Gasteiger partial charge >= 0.3 is 0 Å². The van der Waals surface area contributed by atoms with Gasteiger partial charge in [-0.1, -0.05) is 30.3 Å². The van der Waals surface area contributed by atoms with Gasteiger partial charge in [-0.25, -0.2) is 0 Å². The minimum absolute atomic E-state index is 0.316. The number of amides is 1. The van der Waals surface area contributed by atoms with Crippen molar-refractivity contribution in [1.82, 2.24) is 4.90 Å². The molecule has 3 heteroatoms. The van der Waals surface area contributed by atoms with Gasteiger partial charge in [-0.2, -0.15) is 0 Å². The summed E-state index contributed by atoms with van der Waals surface area (Å²) < 4.78 is 5.16. The van der Waals surface area contributed by atoms with Crippen molar-refractivity contribution in [3.05, 3.63) is 35.9 Å². The lowest BCUT2D eigenvalue weighted by Crippen LogP contribution is -2.28. The van der Waals surface area contributed by atoms with Crippen molar-refractivity contribution >= 4 is 5.91 Å². The minimum atomic E-state index is 0.316. The van der Waals surface area contributed by atoms with Crippen LogP contribution in [0.3, 0.4) is 0 Å². The van der Waals surface area contributed by atoms with Gasteiger partial charge in [-0.05, 0) is 31.2 Å². The fourth-order valence-electron chi connectivity index (χ4n) is 2.84. The van der Waals surface area contributed by atoms with Crippen molar-refractivity contribution in [2.24, 2.45) is 5.92 Å². The number of likely N-dealkylation sites (tertiary alicyclic amines) is 1. The van der Waals surface area contributed by atoms with Gasteiger partial charge < -0.3 is 9.64 Å². The van der Waals surface area contributed by atoms with Crippen molar-refractivity contribution in [3.8, 4) is 0 Å². The smallest absolute Gasteiger partial charge is 0.222 e. The lowest BCUT2D eigenvalue weighted by Gasteiger charge is -2.16. The summed E-state index contributed by atoms with van der Waals surface area (Å²) in [6.07, 6.45) is 4.92. The van der Waals surface area contributed by atoms with Gasteiger partial charge in [0.05, 0.1) is 6.61 Å². The molecule has 1 aromatic carbocycles. The van der Waals surface area contributed by atoms with Crippen molar-refractivity contribution in [1.29, 1.82) is 0 Å². The van der Waals surface area contributed by atoms with Gasteiger partial charge in [-0.3, -0.25) is 4.79 Å². The Morgan fingerprint density at radius 1 is 1.30 bits per heavy atom. The molecule has 1 saturated heterocycles. The first-order valence-electron chi connectivity index (χ1n) is 7.60. The summed E-state index contributed by atoms with van der Waals surface area (Å²) >= 11 is 0. The molecule has 0 radical (unpaired) electrons. The quantitative estimate of drug-likeness (QED) is 0.716. The van der Waals surface area contributed by atoms with Crippen LogP contribution in [0.4, 0.5) is 0 Å². The molecule has 1 aliphatic rings. The van der Waals surface area contributed by atoms with Crippen LogP contribution in [0.15, 0.2) is 30.3 Å². The van der Waals surface area contributed by atoms with E-state index in [2.05, 4.69) is 24.3 Å². The van der Waals surface area contributed by atoms with Gasteiger partial charge in [0.1, 0.15) is 0 Å². The van der Waals surface area contributed by atoms with Crippen LogP contribution in [-0.4, -0.2) is 37.6 Å². The standard InChI is InChI=1S/C17H25NO2/c1-20-14-16-11-12-18(13-16)17(19)10-6-5-9-15-7-3-2-4-8-15/h2-4,7-8,16H,5-6,9-14H2,1H3/t16-/m0/s1. The Balaban J connectivity index is 1.61. The number of carbonyl (C=O) groups is 1. The molecule has 0 saturated carbocycles. The topological polar surface area (TPSA) is 29.5 Å². The molecule has 3 nitrogen and oxygen atoms in total. The number of aryl methyl sites for hydroxylation is 1. The normalized spacial score (nSPS) is 18.4. The Bertz CT molecular complexity index is 405. The van der Waals surface area contributed by atoms with E-state index in [0.717, 1.165) is 45.4 Å². The van der Waals surface area contributed by atoms with Crippen LogP contribution in [0, 0.1) is 5.92 Å². The average molecular weight is 275 g/mol. The fourth-order valence-corrected chi connectivity index (χ4v) is 2.84. The van der Waals surface area contributed by atoms with Crippen LogP contribution in [0.25, 0.3) is 0 Å². The third-order valence-corrected chi connectivity index (χ3v) is 3.99. The summed E-state index contributed by atoms with van der Waals surface area (Å²) in [5, 5.41) is 0. The average Bonchev–Trinajstić information content (AvgIpc) is 2.94. The first-order chi connectivity index (χ1) is 9.79. The zero-order valence-electron chi connectivity index (χ0n) is 12.4. The fraction of sp³-hybridized carbons (Fsp3) is 0.588. The highest BCUT2D eigenvalue weighted by Crippen LogP contribution is 2.18. The number of benzene rings is 1. The largest absolute Gasteiger partial charge is 0.384 e. The van der Waals surface area contributed by atoms with Gasteiger partial charge in [0, 0.05) is 32.5 Å². The van der Waals surface area contributed by atoms with E-state index in [0.29, 0.717) is 18.2 Å². The molecule has 1 aliphatic heterocycles. The van der Waals surface area contributed by atoms with Crippen molar-refractivity contribution in [2.45, 2.75) is 32.1 Å². The molecule has 1 fully saturated rings. The Kier molecular flexibility index (Phi) is 6.06. The maximum absolute atomic E-state index is 12.1. The molecule has 1 amide bonds. The van der Waals surface area contributed by atoms with E-state index in [-0.39, 0.29) is 0 Å². The molecule has 1 aromatic rings. The maximum Gasteiger partial charge on any atom is 0.222 e. The van der Waals surface area contributed by atoms with E-state index in [1.165, 1.54) is 5.56 Å². The zero-order chi connectivity index (χ0) is 14.2. The van der Waals surface area contributed by atoms with Crippen LogP contribution in [0.2, 0.25) is 0 Å². The summed E-state index contributed by atoms with van der Waals surface area (Å²) in [5.41, 5.74) is 1.36. The molecule has 0 aliphatic carbocycles. The van der Waals surface area contributed by atoms with E-state index >= 15 is 0 Å². The second-order valence-electron chi connectivity index (χ2n) is 5.64. The molecule has 1 heterocycles. The van der Waals surface area contributed by atoms with Crippen LogP contribution in [-0.2, 0) is 16.0 Å².